The highest BCUT2D eigenvalue weighted by molar-refractivity contribution is 14.1. The van der Waals surface area contributed by atoms with Crippen LogP contribution in [0.25, 0.3) is 0 Å². The van der Waals surface area contributed by atoms with E-state index in [0.29, 0.717) is 0 Å². The molecule has 0 aromatic heterocycles. The predicted molar refractivity (Wildman–Crippen MR) is 102 cm³/mol. The van der Waals surface area contributed by atoms with Crippen molar-refractivity contribution in [1.29, 1.82) is 0 Å². The van der Waals surface area contributed by atoms with Gasteiger partial charge in [0.15, 0.2) is 0 Å². The van der Waals surface area contributed by atoms with Crippen molar-refractivity contribution in [2.24, 2.45) is 5.73 Å². The van der Waals surface area contributed by atoms with Crippen LogP contribution in [-0.4, -0.2) is 24.9 Å². The van der Waals surface area contributed by atoms with Gasteiger partial charge in [0.05, 0.1) is 7.14 Å². The molecule has 1 aliphatic carbocycles. The summed E-state index contributed by atoms with van der Waals surface area (Å²) in [6.45, 7) is 2.85. The van der Waals surface area contributed by atoms with Crippen LogP contribution in [0.1, 0.15) is 19.8 Å². The van der Waals surface area contributed by atoms with Crippen LogP contribution in [0, 0.1) is 10.7 Å². The van der Waals surface area contributed by atoms with Gasteiger partial charge in [0.25, 0.3) is 0 Å². The molecule has 106 valence electrons. The van der Waals surface area contributed by atoms with E-state index in [4.69, 9.17) is 15.2 Å². The minimum atomic E-state index is 0.0332. The second kappa shape index (κ2) is 7.41. The van der Waals surface area contributed by atoms with Crippen molar-refractivity contribution in [2.45, 2.75) is 38.0 Å². The zero-order chi connectivity index (χ0) is 14.0. The molecule has 1 aliphatic rings. The van der Waals surface area contributed by atoms with Crippen LogP contribution in [-0.2, 0) is 4.74 Å². The fourth-order valence-corrected chi connectivity index (χ4v) is 5.85. The minimum absolute atomic E-state index is 0.0332. The second-order valence-electron chi connectivity index (χ2n) is 4.59. The first kappa shape index (κ1) is 16.5. The first-order chi connectivity index (χ1) is 9.02. The molecule has 2 N–H and O–H groups in total. The summed E-state index contributed by atoms with van der Waals surface area (Å²) in [7, 11) is 0. The first-order valence-electron chi connectivity index (χ1n) is 6.21. The Morgan fingerprint density at radius 1 is 1.26 bits per heavy atom. The van der Waals surface area contributed by atoms with E-state index in [-0.39, 0.29) is 18.2 Å². The Morgan fingerprint density at radius 3 is 2.42 bits per heavy atom. The van der Waals surface area contributed by atoms with Gasteiger partial charge in [-0.05, 0) is 86.3 Å². The van der Waals surface area contributed by atoms with E-state index >= 15 is 0 Å². The molecule has 2 rings (SSSR count). The highest BCUT2D eigenvalue weighted by Gasteiger charge is 2.42. The molecule has 0 bridgehead atoms. The van der Waals surface area contributed by atoms with Crippen molar-refractivity contribution in [3.8, 4) is 5.75 Å². The molecule has 0 saturated heterocycles. The average Bonchev–Trinajstić information content (AvgIpc) is 2.32. The van der Waals surface area contributed by atoms with Crippen LogP contribution in [0.15, 0.2) is 12.1 Å². The van der Waals surface area contributed by atoms with E-state index in [1.807, 2.05) is 0 Å². The van der Waals surface area contributed by atoms with Crippen molar-refractivity contribution in [3.05, 3.63) is 22.8 Å². The minimum Gasteiger partial charge on any atom is -0.485 e. The molecule has 1 aromatic rings. The van der Waals surface area contributed by atoms with Crippen molar-refractivity contribution < 1.29 is 9.47 Å². The quantitative estimate of drug-likeness (QED) is 0.525. The van der Waals surface area contributed by atoms with Crippen LogP contribution < -0.4 is 10.5 Å². The normalized spacial score (nSPS) is 26.1. The van der Waals surface area contributed by atoms with Gasteiger partial charge in [0.2, 0.25) is 0 Å². The molecule has 0 spiro atoms. The summed E-state index contributed by atoms with van der Waals surface area (Å²) in [5.74, 6) is 0.962. The molecule has 0 heterocycles. The average molecular weight is 599 g/mol. The summed E-state index contributed by atoms with van der Waals surface area (Å²) in [4.78, 5) is 0. The van der Waals surface area contributed by atoms with Crippen LogP contribution in [0.5, 0.6) is 5.75 Å². The third-order valence-corrected chi connectivity index (χ3v) is 5.26. The van der Waals surface area contributed by atoms with Gasteiger partial charge >= 0.3 is 0 Å². The molecule has 0 amide bonds. The van der Waals surface area contributed by atoms with E-state index in [1.165, 1.54) is 3.57 Å². The lowest BCUT2D eigenvalue weighted by atomic mass is 9.86. The maximum atomic E-state index is 6.12. The number of benzene rings is 1. The number of halogens is 3. The van der Waals surface area contributed by atoms with Crippen molar-refractivity contribution in [3.63, 3.8) is 0 Å². The lowest BCUT2D eigenvalue weighted by molar-refractivity contribution is -0.0985. The van der Waals surface area contributed by atoms with Crippen LogP contribution >= 0.6 is 67.8 Å². The monoisotopic (exact) mass is 599 g/mol. The molecular weight excluding hydrogens is 583 g/mol. The van der Waals surface area contributed by atoms with Crippen molar-refractivity contribution >= 4 is 67.8 Å². The van der Waals surface area contributed by atoms with Gasteiger partial charge in [0, 0.05) is 22.6 Å². The Morgan fingerprint density at radius 2 is 1.89 bits per heavy atom. The summed E-state index contributed by atoms with van der Waals surface area (Å²) >= 11 is 6.96. The summed E-state index contributed by atoms with van der Waals surface area (Å²) in [6.07, 6.45) is 2.00. The van der Waals surface area contributed by atoms with Gasteiger partial charge in [-0.15, -0.1) is 0 Å². The maximum absolute atomic E-state index is 6.12. The molecule has 1 saturated carbocycles. The Kier molecular flexibility index (Phi) is 6.44. The largest absolute Gasteiger partial charge is 0.485 e. The molecular formula is C13H16I3NO2. The fourth-order valence-electron chi connectivity index (χ4n) is 2.01. The van der Waals surface area contributed by atoms with E-state index < -0.39 is 0 Å². The molecule has 0 radical (unpaired) electrons. The van der Waals surface area contributed by atoms with Crippen LogP contribution in [0.4, 0.5) is 0 Å². The predicted octanol–water partition coefficient (Wildman–Crippen LogP) is 3.77. The molecule has 19 heavy (non-hydrogen) atoms. The van der Waals surface area contributed by atoms with E-state index in [9.17, 15) is 0 Å². The maximum Gasteiger partial charge on any atom is 0.146 e. The zero-order valence-electron chi connectivity index (χ0n) is 10.5. The van der Waals surface area contributed by atoms with Gasteiger partial charge in [-0.3, -0.25) is 0 Å². The van der Waals surface area contributed by atoms with Crippen molar-refractivity contribution in [2.75, 3.05) is 6.61 Å². The second-order valence-corrected chi connectivity index (χ2v) is 8.16. The lowest BCUT2D eigenvalue weighted by Gasteiger charge is -2.42. The Hall–Kier alpha value is 1.13. The standard InChI is InChI=1S/C13H16I3NO2/c1-2-3-18-13-10(17)6-11(13)19-12-8(15)4-7(14)5-9(12)16/h4-5,10-11,13H,2-3,6,17H2,1H3. The number of nitrogens with two attached hydrogens (primary N) is 1. The Bertz CT molecular complexity index is 433. The molecule has 6 heteroatoms. The van der Waals surface area contributed by atoms with Gasteiger partial charge in [-0.1, -0.05) is 6.92 Å². The lowest BCUT2D eigenvalue weighted by Crippen LogP contribution is -2.59. The van der Waals surface area contributed by atoms with Gasteiger partial charge in [-0.25, -0.2) is 0 Å². The third kappa shape index (κ3) is 4.07. The molecule has 3 atom stereocenters. The fraction of sp³-hybridized carbons (Fsp3) is 0.538. The molecule has 3 unspecified atom stereocenters. The summed E-state index contributed by atoms with van der Waals surface area (Å²) < 4.78 is 15.4. The smallest absolute Gasteiger partial charge is 0.146 e. The SMILES string of the molecule is CCCOC1C(N)CC1Oc1c(I)cc(I)cc1I. The highest BCUT2D eigenvalue weighted by atomic mass is 127. The highest BCUT2D eigenvalue weighted by Crippen LogP contribution is 2.34. The molecule has 1 fully saturated rings. The number of rotatable bonds is 5. The van der Waals surface area contributed by atoms with E-state index in [0.717, 1.165) is 32.3 Å². The topological polar surface area (TPSA) is 44.5 Å². The Balaban J connectivity index is 2.05. The molecule has 0 aliphatic heterocycles. The molecule has 3 nitrogen and oxygen atoms in total. The first-order valence-corrected chi connectivity index (χ1v) is 9.45. The number of ether oxygens (including phenoxy) is 2. The summed E-state index contributed by atoms with van der Waals surface area (Å²) in [6, 6.07) is 4.36. The number of hydrogen-bond donors (Lipinski definition) is 1. The van der Waals surface area contributed by atoms with Gasteiger partial charge < -0.3 is 15.2 Å². The third-order valence-electron chi connectivity index (χ3n) is 3.04. The van der Waals surface area contributed by atoms with Gasteiger partial charge in [0.1, 0.15) is 18.0 Å². The zero-order valence-corrected chi connectivity index (χ0v) is 17.0. The van der Waals surface area contributed by atoms with E-state index in [2.05, 4.69) is 86.8 Å². The van der Waals surface area contributed by atoms with Crippen LogP contribution in [0.3, 0.4) is 0 Å². The van der Waals surface area contributed by atoms with Crippen LogP contribution in [0.2, 0.25) is 0 Å². The van der Waals surface area contributed by atoms with E-state index in [1.54, 1.807) is 0 Å². The summed E-state index contributed by atoms with van der Waals surface area (Å²) in [5.41, 5.74) is 6.00. The van der Waals surface area contributed by atoms with Crippen molar-refractivity contribution in [1.82, 2.24) is 0 Å². The van der Waals surface area contributed by atoms with Gasteiger partial charge in [-0.2, -0.15) is 0 Å². The molecule has 1 aromatic carbocycles. The Labute approximate surface area is 154 Å². The number of hydrogen-bond acceptors (Lipinski definition) is 3. The summed E-state index contributed by atoms with van der Waals surface area (Å²) in [5, 5.41) is 0.